The number of ether oxygens (including phenoxy) is 1. The van der Waals surface area contributed by atoms with Crippen LogP contribution in [0.25, 0.3) is 0 Å². The quantitative estimate of drug-likeness (QED) is 0.122. The lowest BCUT2D eigenvalue weighted by Crippen LogP contribution is -2.75. The number of rotatable bonds is 12. The largest absolute Gasteiger partial charge is 0.460 e. The fourth-order valence-electron chi connectivity index (χ4n) is 2.02. The van der Waals surface area contributed by atoms with Crippen LogP contribution in [0.1, 0.15) is 6.92 Å². The van der Waals surface area contributed by atoms with Gasteiger partial charge in [0.05, 0.1) is 6.54 Å². The summed E-state index contributed by atoms with van der Waals surface area (Å²) in [5, 5.41) is -8.05. The highest BCUT2D eigenvalue weighted by Gasteiger charge is 2.96. The summed E-state index contributed by atoms with van der Waals surface area (Å²) >= 11 is 0. The Bertz CT molecular complexity index is 1010. The van der Waals surface area contributed by atoms with Crippen LogP contribution >= 0.6 is 0 Å². The second-order valence-electron chi connectivity index (χ2n) is 6.89. The van der Waals surface area contributed by atoms with E-state index in [-0.39, 0.29) is 6.08 Å². The molecular weight excluding hydrogens is 620 g/mol. The van der Waals surface area contributed by atoms with Gasteiger partial charge < -0.3 is 4.74 Å². The smallest absolute Gasteiger partial charge is 0.458 e. The molecule has 0 saturated carbocycles. The molecular formula is C14H9F18NO4S. The predicted molar refractivity (Wildman–Crippen MR) is 83.2 cm³/mol. The lowest BCUT2D eigenvalue weighted by atomic mass is 9.91. The van der Waals surface area contributed by atoms with Crippen LogP contribution in [0.5, 0.6) is 0 Å². The Labute approximate surface area is 198 Å². The van der Waals surface area contributed by atoms with Gasteiger partial charge in [0.2, 0.25) is 0 Å². The van der Waals surface area contributed by atoms with Gasteiger partial charge in [0.1, 0.15) is 6.10 Å². The fraction of sp³-hybridized carbons (Fsp3) is 0.786. The highest BCUT2D eigenvalue weighted by molar-refractivity contribution is 7.90. The molecule has 0 aliphatic heterocycles. The molecule has 0 aromatic rings. The Kier molecular flexibility index (Phi) is 9.25. The summed E-state index contributed by atoms with van der Waals surface area (Å²) in [4.78, 5) is 10.8. The maximum atomic E-state index is 13.8. The Morgan fingerprint density at radius 1 is 0.737 bits per heavy atom. The second kappa shape index (κ2) is 9.80. The summed E-state index contributed by atoms with van der Waals surface area (Å²) in [5.74, 6) is -54.4. The Morgan fingerprint density at radius 2 is 1.05 bits per heavy atom. The first-order valence-electron chi connectivity index (χ1n) is 8.49. The molecule has 0 aliphatic rings. The molecule has 0 aromatic carbocycles. The summed E-state index contributed by atoms with van der Waals surface area (Å²) in [6, 6.07) is 0. The third kappa shape index (κ3) is 4.96. The van der Waals surface area contributed by atoms with Gasteiger partial charge in [-0.3, -0.25) is 0 Å². The van der Waals surface area contributed by atoms with E-state index in [1.165, 1.54) is 0 Å². The van der Waals surface area contributed by atoms with Crippen LogP contribution < -0.4 is 0 Å². The van der Waals surface area contributed by atoms with Crippen molar-refractivity contribution in [3.05, 3.63) is 12.7 Å². The molecule has 1 atom stereocenters. The molecule has 0 saturated heterocycles. The number of halogens is 18. The predicted octanol–water partition coefficient (Wildman–Crippen LogP) is 5.59. The van der Waals surface area contributed by atoms with Crippen LogP contribution in [0.15, 0.2) is 12.7 Å². The molecule has 0 aromatic heterocycles. The van der Waals surface area contributed by atoms with Gasteiger partial charge in [-0.05, 0) is 11.5 Å². The third-order valence-corrected chi connectivity index (χ3v) is 5.74. The SMILES string of the molecule is C=CC(=O)OC(C)CN(F)S(=O)(=O)C(F)(F)C(F)(F)C(F)(F)C(F)(F)C(F)(F)C(F)(F)C(F)(F)C(F)(F)F. The zero-order valence-corrected chi connectivity index (χ0v) is 18.2. The number of esters is 1. The van der Waals surface area contributed by atoms with E-state index in [9.17, 15) is 92.3 Å². The molecule has 38 heavy (non-hydrogen) atoms. The molecule has 0 N–H and O–H groups in total. The van der Waals surface area contributed by atoms with Crippen LogP contribution in [0, 0.1) is 0 Å². The molecule has 0 fully saturated rings. The van der Waals surface area contributed by atoms with Crippen molar-refractivity contribution in [1.29, 1.82) is 0 Å². The molecule has 226 valence electrons. The molecule has 0 rings (SSSR count). The summed E-state index contributed by atoms with van der Waals surface area (Å²) in [5.41, 5.74) is 0. The number of carbonyl (C=O) groups is 1. The monoisotopic (exact) mass is 629 g/mol. The number of sulfonamides is 1. The lowest BCUT2D eigenvalue weighted by Gasteiger charge is -2.42. The summed E-state index contributed by atoms with van der Waals surface area (Å²) in [6.45, 7) is 0.808. The van der Waals surface area contributed by atoms with E-state index in [2.05, 4.69) is 11.3 Å². The molecule has 5 nitrogen and oxygen atoms in total. The van der Waals surface area contributed by atoms with Crippen molar-refractivity contribution >= 4 is 16.0 Å². The molecule has 0 aliphatic carbocycles. The van der Waals surface area contributed by atoms with Crippen molar-refractivity contribution in [2.75, 3.05) is 6.54 Å². The maximum absolute atomic E-state index is 13.8. The Hall–Kier alpha value is -2.14. The fourth-order valence-corrected chi connectivity index (χ4v) is 3.13. The van der Waals surface area contributed by atoms with Crippen molar-refractivity contribution in [3.8, 4) is 0 Å². The molecule has 1 unspecified atom stereocenters. The van der Waals surface area contributed by atoms with Gasteiger partial charge in [-0.25, -0.2) is 13.2 Å². The number of alkyl halides is 17. The van der Waals surface area contributed by atoms with E-state index < -0.39 is 80.1 Å². The summed E-state index contributed by atoms with van der Waals surface area (Å²) < 4.78 is 262. The van der Waals surface area contributed by atoms with Crippen LogP contribution in [-0.4, -0.2) is 78.5 Å². The molecule has 0 heterocycles. The van der Waals surface area contributed by atoms with Crippen molar-refractivity contribution < 1.29 is 97.1 Å². The van der Waals surface area contributed by atoms with Crippen molar-refractivity contribution in [2.45, 2.75) is 60.0 Å². The van der Waals surface area contributed by atoms with Gasteiger partial charge in [0.15, 0.2) is 0 Å². The van der Waals surface area contributed by atoms with Gasteiger partial charge >= 0.3 is 63.0 Å². The number of nitrogens with zero attached hydrogens (tertiary/aromatic N) is 1. The number of hydrogen-bond donors (Lipinski definition) is 0. The summed E-state index contributed by atoms with van der Waals surface area (Å²) in [6.07, 6.45) is -9.99. The highest BCUT2D eigenvalue weighted by atomic mass is 32.2. The van der Waals surface area contributed by atoms with Gasteiger partial charge in [-0.1, -0.05) is 6.58 Å². The first-order chi connectivity index (χ1) is 16.3. The van der Waals surface area contributed by atoms with Crippen molar-refractivity contribution in [1.82, 2.24) is 4.53 Å². The Balaban J connectivity index is 6.79. The summed E-state index contributed by atoms with van der Waals surface area (Å²) in [7, 11) is -8.12. The van der Waals surface area contributed by atoms with Crippen molar-refractivity contribution in [2.24, 2.45) is 0 Å². The average Bonchev–Trinajstić information content (AvgIpc) is 2.71. The van der Waals surface area contributed by atoms with Crippen molar-refractivity contribution in [3.63, 3.8) is 0 Å². The van der Waals surface area contributed by atoms with Crippen LogP contribution in [0.2, 0.25) is 0 Å². The molecule has 0 amide bonds. The first kappa shape index (κ1) is 35.9. The molecule has 0 spiro atoms. The normalized spacial score (nSPS) is 16.4. The maximum Gasteiger partial charge on any atom is 0.460 e. The highest BCUT2D eigenvalue weighted by Crippen LogP contribution is 2.64. The molecule has 0 bridgehead atoms. The van der Waals surface area contributed by atoms with Gasteiger partial charge in [-0.2, -0.15) is 74.6 Å². The van der Waals surface area contributed by atoms with E-state index in [1.807, 2.05) is 0 Å². The van der Waals surface area contributed by atoms with Gasteiger partial charge in [-0.15, -0.1) is 4.48 Å². The Morgan fingerprint density at radius 3 is 1.37 bits per heavy atom. The van der Waals surface area contributed by atoms with E-state index >= 15 is 0 Å². The zero-order chi connectivity index (χ0) is 31.4. The zero-order valence-electron chi connectivity index (χ0n) is 17.4. The van der Waals surface area contributed by atoms with E-state index in [0.29, 0.717) is 6.92 Å². The minimum atomic E-state index is -9.03. The van der Waals surface area contributed by atoms with Crippen LogP contribution in [-0.2, 0) is 19.6 Å². The van der Waals surface area contributed by atoms with Gasteiger partial charge in [0.25, 0.3) is 0 Å². The molecule has 0 radical (unpaired) electrons. The lowest BCUT2D eigenvalue weighted by molar-refractivity contribution is -0.458. The van der Waals surface area contributed by atoms with E-state index in [4.69, 9.17) is 0 Å². The minimum absolute atomic E-state index is 0.261. The number of carbonyl (C=O) groups excluding carboxylic acids is 1. The van der Waals surface area contributed by atoms with Crippen LogP contribution in [0.4, 0.5) is 79.1 Å². The van der Waals surface area contributed by atoms with Crippen LogP contribution in [0.3, 0.4) is 0 Å². The van der Waals surface area contributed by atoms with E-state index in [0.717, 1.165) is 0 Å². The second-order valence-corrected chi connectivity index (χ2v) is 8.75. The third-order valence-electron chi connectivity index (χ3n) is 4.16. The number of hydrogen-bond acceptors (Lipinski definition) is 4. The first-order valence-corrected chi connectivity index (χ1v) is 9.93. The minimum Gasteiger partial charge on any atom is -0.458 e. The average molecular weight is 629 g/mol. The van der Waals surface area contributed by atoms with Gasteiger partial charge in [0, 0.05) is 6.08 Å². The standard InChI is InChI=1S/C14H9F18NO4S/c1-3-6(34)37-5(2)4-33(32)38(35,36)14(30,31)12(25,26)10(21,22)8(17,18)7(15,16)9(19,20)11(23,24)13(27,28)29/h3,5H,1,4H2,2H3. The topological polar surface area (TPSA) is 63.7 Å². The van der Waals surface area contributed by atoms with E-state index in [1.54, 1.807) is 0 Å². The molecule has 24 heteroatoms.